The third kappa shape index (κ3) is 5.27. The molecular weight excluding hydrogens is 314 g/mol. The second-order valence-corrected chi connectivity index (χ2v) is 5.58. The van der Waals surface area contributed by atoms with Crippen molar-refractivity contribution in [3.05, 3.63) is 33.3 Å². The maximum absolute atomic E-state index is 6.15. The van der Waals surface area contributed by atoms with E-state index < -0.39 is 0 Å². The van der Waals surface area contributed by atoms with E-state index >= 15 is 0 Å². The van der Waals surface area contributed by atoms with Gasteiger partial charge in [-0.1, -0.05) is 24.6 Å². The van der Waals surface area contributed by atoms with Crippen LogP contribution in [-0.2, 0) is 4.74 Å². The lowest BCUT2D eigenvalue weighted by Gasteiger charge is -2.19. The fraction of sp³-hybridized carbons (Fsp3) is 0.571. The molecule has 18 heavy (non-hydrogen) atoms. The highest BCUT2D eigenvalue weighted by atomic mass is 79.9. The smallest absolute Gasteiger partial charge is 0.0551 e. The first-order valence-corrected chi connectivity index (χ1v) is 7.53. The van der Waals surface area contributed by atoms with Crippen LogP contribution in [0.3, 0.4) is 0 Å². The largest absolute Gasteiger partial charge is 0.385 e. The van der Waals surface area contributed by atoms with E-state index in [4.69, 9.17) is 16.3 Å². The van der Waals surface area contributed by atoms with Crippen LogP contribution in [0.25, 0.3) is 0 Å². The van der Waals surface area contributed by atoms with E-state index in [0.29, 0.717) is 6.04 Å². The van der Waals surface area contributed by atoms with Gasteiger partial charge in [0, 0.05) is 24.2 Å². The summed E-state index contributed by atoms with van der Waals surface area (Å²) in [6, 6.07) is 6.52. The first kappa shape index (κ1) is 16.0. The number of hydrogen-bond acceptors (Lipinski definition) is 2. The Labute approximate surface area is 123 Å². The summed E-state index contributed by atoms with van der Waals surface area (Å²) in [5.41, 5.74) is 1.24. The maximum atomic E-state index is 6.15. The third-order valence-corrected chi connectivity index (χ3v) is 4.06. The minimum Gasteiger partial charge on any atom is -0.385 e. The van der Waals surface area contributed by atoms with E-state index in [-0.39, 0.29) is 0 Å². The summed E-state index contributed by atoms with van der Waals surface area (Å²) in [5.74, 6) is 0. The van der Waals surface area contributed by atoms with Gasteiger partial charge >= 0.3 is 0 Å². The molecule has 0 aliphatic rings. The Morgan fingerprint density at radius 3 is 2.83 bits per heavy atom. The zero-order valence-corrected chi connectivity index (χ0v) is 13.4. The van der Waals surface area contributed by atoms with Gasteiger partial charge < -0.3 is 10.1 Å². The Morgan fingerprint density at radius 1 is 1.44 bits per heavy atom. The molecule has 2 nitrogen and oxygen atoms in total. The highest BCUT2D eigenvalue weighted by Gasteiger charge is 2.11. The Balaban J connectivity index is 2.70. The van der Waals surface area contributed by atoms with Gasteiger partial charge in [0.2, 0.25) is 0 Å². The molecule has 1 atom stereocenters. The minimum atomic E-state index is 0.352. The van der Waals surface area contributed by atoms with Crippen LogP contribution >= 0.6 is 27.5 Å². The molecule has 102 valence electrons. The fourth-order valence-corrected chi connectivity index (χ4v) is 2.30. The molecule has 0 heterocycles. The number of nitrogens with one attached hydrogen (secondary N) is 1. The molecule has 1 rings (SSSR count). The molecule has 4 heteroatoms. The Kier molecular flexibility index (Phi) is 7.91. The zero-order valence-electron chi connectivity index (χ0n) is 11.0. The Hall–Kier alpha value is -0.0900. The number of methoxy groups -OCH3 is 1. The second kappa shape index (κ2) is 8.92. The summed E-state index contributed by atoms with van der Waals surface area (Å²) >= 11 is 9.58. The lowest BCUT2D eigenvalue weighted by Crippen LogP contribution is -2.22. The molecule has 0 amide bonds. The molecule has 0 aromatic heterocycles. The van der Waals surface area contributed by atoms with Crippen molar-refractivity contribution in [2.24, 2.45) is 0 Å². The minimum absolute atomic E-state index is 0.352. The molecule has 0 aliphatic carbocycles. The predicted molar refractivity (Wildman–Crippen MR) is 81.3 cm³/mol. The SMILES string of the molecule is CCCNC(CCCOC)c1ccc(Br)c(Cl)c1. The predicted octanol–water partition coefficient (Wildman–Crippen LogP) is 4.57. The van der Waals surface area contributed by atoms with Crippen molar-refractivity contribution in [2.75, 3.05) is 20.3 Å². The average molecular weight is 335 g/mol. The third-order valence-electron chi connectivity index (χ3n) is 2.83. The Morgan fingerprint density at radius 2 is 2.22 bits per heavy atom. The van der Waals surface area contributed by atoms with Gasteiger partial charge in [-0.05, 0) is 59.4 Å². The van der Waals surface area contributed by atoms with Gasteiger partial charge in [0.15, 0.2) is 0 Å². The summed E-state index contributed by atoms with van der Waals surface area (Å²) < 4.78 is 6.06. The summed E-state index contributed by atoms with van der Waals surface area (Å²) in [4.78, 5) is 0. The molecule has 0 bridgehead atoms. The van der Waals surface area contributed by atoms with Crippen molar-refractivity contribution in [2.45, 2.75) is 32.2 Å². The molecule has 0 fully saturated rings. The van der Waals surface area contributed by atoms with Crippen molar-refractivity contribution >= 4 is 27.5 Å². The van der Waals surface area contributed by atoms with Gasteiger partial charge in [0.1, 0.15) is 0 Å². The van der Waals surface area contributed by atoms with E-state index in [9.17, 15) is 0 Å². The molecule has 1 aromatic rings. The second-order valence-electron chi connectivity index (χ2n) is 4.32. The van der Waals surface area contributed by atoms with Crippen LogP contribution < -0.4 is 5.32 Å². The number of rotatable bonds is 8. The molecule has 1 aromatic carbocycles. The zero-order chi connectivity index (χ0) is 13.4. The Bertz CT molecular complexity index is 360. The van der Waals surface area contributed by atoms with Gasteiger partial charge in [-0.15, -0.1) is 0 Å². The first-order valence-electron chi connectivity index (χ1n) is 6.36. The summed E-state index contributed by atoms with van der Waals surface area (Å²) in [6.07, 6.45) is 3.24. The molecule has 1 unspecified atom stereocenters. The van der Waals surface area contributed by atoms with Crippen LogP contribution in [0.2, 0.25) is 5.02 Å². The van der Waals surface area contributed by atoms with Gasteiger partial charge in [-0.2, -0.15) is 0 Å². The molecule has 1 N–H and O–H groups in total. The lowest BCUT2D eigenvalue weighted by atomic mass is 10.0. The first-order chi connectivity index (χ1) is 8.69. The van der Waals surface area contributed by atoms with Crippen LogP contribution in [-0.4, -0.2) is 20.3 Å². The molecular formula is C14H21BrClNO. The van der Waals surface area contributed by atoms with E-state index in [1.54, 1.807) is 7.11 Å². The summed E-state index contributed by atoms with van der Waals surface area (Å²) in [6.45, 7) is 3.99. The van der Waals surface area contributed by atoms with Gasteiger partial charge in [0.05, 0.1) is 5.02 Å². The van der Waals surface area contributed by atoms with Gasteiger partial charge in [-0.25, -0.2) is 0 Å². The van der Waals surface area contributed by atoms with Crippen LogP contribution in [0.4, 0.5) is 0 Å². The van der Waals surface area contributed by atoms with E-state index in [2.05, 4.69) is 34.2 Å². The molecule has 0 radical (unpaired) electrons. The molecule has 0 spiro atoms. The fourth-order valence-electron chi connectivity index (χ4n) is 1.87. The van der Waals surface area contributed by atoms with Gasteiger partial charge in [0.25, 0.3) is 0 Å². The highest BCUT2D eigenvalue weighted by molar-refractivity contribution is 9.10. The van der Waals surface area contributed by atoms with Crippen LogP contribution in [0.15, 0.2) is 22.7 Å². The van der Waals surface area contributed by atoms with Crippen LogP contribution in [0.1, 0.15) is 37.8 Å². The van der Waals surface area contributed by atoms with E-state index in [1.807, 2.05) is 12.1 Å². The quantitative estimate of drug-likeness (QED) is 0.703. The molecule has 0 aliphatic heterocycles. The number of halogens is 2. The van der Waals surface area contributed by atoms with Gasteiger partial charge in [-0.3, -0.25) is 0 Å². The summed E-state index contributed by atoms with van der Waals surface area (Å²) in [5, 5.41) is 4.33. The van der Waals surface area contributed by atoms with Crippen molar-refractivity contribution in [1.29, 1.82) is 0 Å². The van der Waals surface area contributed by atoms with E-state index in [1.165, 1.54) is 5.56 Å². The topological polar surface area (TPSA) is 21.3 Å². The standard InChI is InChI=1S/C14H21BrClNO/c1-3-8-17-14(5-4-9-18-2)11-6-7-12(15)13(16)10-11/h6-7,10,14,17H,3-5,8-9H2,1-2H3. The number of ether oxygens (including phenoxy) is 1. The lowest BCUT2D eigenvalue weighted by molar-refractivity contribution is 0.188. The highest BCUT2D eigenvalue weighted by Crippen LogP contribution is 2.27. The normalized spacial score (nSPS) is 12.7. The van der Waals surface area contributed by atoms with Crippen LogP contribution in [0.5, 0.6) is 0 Å². The van der Waals surface area contributed by atoms with Crippen molar-refractivity contribution in [1.82, 2.24) is 5.32 Å². The molecule has 0 saturated carbocycles. The molecule has 0 saturated heterocycles. The average Bonchev–Trinajstić information content (AvgIpc) is 2.37. The monoisotopic (exact) mass is 333 g/mol. The van der Waals surface area contributed by atoms with Crippen molar-refractivity contribution < 1.29 is 4.74 Å². The maximum Gasteiger partial charge on any atom is 0.0551 e. The van der Waals surface area contributed by atoms with Crippen molar-refractivity contribution in [3.8, 4) is 0 Å². The van der Waals surface area contributed by atoms with Crippen molar-refractivity contribution in [3.63, 3.8) is 0 Å². The summed E-state index contributed by atoms with van der Waals surface area (Å²) in [7, 11) is 1.74. The number of hydrogen-bond donors (Lipinski definition) is 1. The van der Waals surface area contributed by atoms with Crippen LogP contribution in [0, 0.1) is 0 Å². The van der Waals surface area contributed by atoms with E-state index in [0.717, 1.165) is 41.9 Å². The number of benzene rings is 1.